The molecule has 0 radical (unpaired) electrons. The summed E-state index contributed by atoms with van der Waals surface area (Å²) < 4.78 is 5.57. The number of alkyl halides is 1. The number of anilines is 1. The van der Waals surface area contributed by atoms with Crippen LogP contribution >= 0.6 is 27.5 Å². The van der Waals surface area contributed by atoms with Crippen molar-refractivity contribution in [3.05, 3.63) is 28.8 Å². The number of methoxy groups -OCH3 is 1. The minimum Gasteiger partial charge on any atom is -0.379 e. The molecule has 4 heteroatoms. The number of nitrogens with zero attached hydrogens (tertiary/aromatic N) is 1. The molecule has 1 aliphatic rings. The molecule has 1 aromatic carbocycles. The summed E-state index contributed by atoms with van der Waals surface area (Å²) in [6.07, 6.45) is 1.47. The number of hydrogen-bond donors (Lipinski definition) is 0. The quantitative estimate of drug-likeness (QED) is 0.773. The molecule has 0 amide bonds. The summed E-state index contributed by atoms with van der Waals surface area (Å²) in [5.41, 5.74) is 2.51. The van der Waals surface area contributed by atoms with Gasteiger partial charge in [-0.3, -0.25) is 0 Å². The van der Waals surface area contributed by atoms with Gasteiger partial charge in [-0.05, 0) is 30.0 Å². The van der Waals surface area contributed by atoms with Crippen molar-refractivity contribution in [2.24, 2.45) is 5.92 Å². The Morgan fingerprint density at radius 1 is 1.50 bits per heavy atom. The van der Waals surface area contributed by atoms with E-state index in [9.17, 15) is 0 Å². The Morgan fingerprint density at radius 2 is 2.28 bits per heavy atom. The standard InChI is InChI=1S/C14H19BrClNO/c1-10-5-6-17(9-14(10)18-2)13-7-12(16)4-3-11(13)8-15/h3-4,7,10,14H,5-6,8-9H2,1-2H3. The van der Waals surface area contributed by atoms with Crippen LogP contribution in [0, 0.1) is 5.92 Å². The van der Waals surface area contributed by atoms with Crippen LogP contribution in [0.2, 0.25) is 5.02 Å². The van der Waals surface area contributed by atoms with E-state index in [0.717, 1.165) is 29.9 Å². The number of hydrogen-bond acceptors (Lipinski definition) is 2. The number of rotatable bonds is 3. The lowest BCUT2D eigenvalue weighted by molar-refractivity contribution is 0.0498. The second kappa shape index (κ2) is 6.27. The predicted molar refractivity (Wildman–Crippen MR) is 80.9 cm³/mol. The second-order valence-electron chi connectivity index (χ2n) is 4.89. The van der Waals surface area contributed by atoms with Crippen LogP contribution in [0.5, 0.6) is 0 Å². The van der Waals surface area contributed by atoms with Crippen LogP contribution in [0.1, 0.15) is 18.9 Å². The van der Waals surface area contributed by atoms with Crippen LogP contribution in [-0.2, 0) is 10.1 Å². The third-order valence-corrected chi connectivity index (χ3v) is 4.56. The van der Waals surface area contributed by atoms with Crippen LogP contribution in [0.25, 0.3) is 0 Å². The van der Waals surface area contributed by atoms with E-state index >= 15 is 0 Å². The largest absolute Gasteiger partial charge is 0.379 e. The summed E-state index contributed by atoms with van der Waals surface area (Å²) in [4.78, 5) is 2.39. The highest BCUT2D eigenvalue weighted by Gasteiger charge is 2.27. The zero-order valence-electron chi connectivity index (χ0n) is 10.8. The van der Waals surface area contributed by atoms with Crippen molar-refractivity contribution >= 4 is 33.2 Å². The normalized spacial score (nSPS) is 24.3. The van der Waals surface area contributed by atoms with E-state index in [1.54, 1.807) is 7.11 Å². The lowest BCUT2D eigenvalue weighted by atomic mass is 9.95. The van der Waals surface area contributed by atoms with E-state index in [0.29, 0.717) is 12.0 Å². The van der Waals surface area contributed by atoms with E-state index in [-0.39, 0.29) is 0 Å². The number of benzene rings is 1. The third-order valence-electron chi connectivity index (χ3n) is 3.72. The minimum absolute atomic E-state index is 0.306. The highest BCUT2D eigenvalue weighted by atomic mass is 79.9. The van der Waals surface area contributed by atoms with Gasteiger partial charge in [-0.15, -0.1) is 0 Å². The molecule has 2 rings (SSSR count). The van der Waals surface area contributed by atoms with E-state index < -0.39 is 0 Å². The summed E-state index contributed by atoms with van der Waals surface area (Å²) >= 11 is 9.66. The maximum atomic E-state index is 6.12. The smallest absolute Gasteiger partial charge is 0.0772 e. The molecule has 18 heavy (non-hydrogen) atoms. The molecule has 0 N–H and O–H groups in total. The molecule has 100 valence electrons. The Kier molecular flexibility index (Phi) is 4.93. The van der Waals surface area contributed by atoms with E-state index in [1.165, 1.54) is 11.3 Å². The molecule has 2 nitrogen and oxygen atoms in total. The van der Waals surface area contributed by atoms with Crippen LogP contribution in [0.3, 0.4) is 0 Å². The van der Waals surface area contributed by atoms with Gasteiger partial charge in [-0.2, -0.15) is 0 Å². The summed E-state index contributed by atoms with van der Waals surface area (Å²) in [7, 11) is 1.80. The molecule has 0 saturated carbocycles. The highest BCUT2D eigenvalue weighted by molar-refractivity contribution is 9.08. The number of piperidine rings is 1. The Bertz CT molecular complexity index is 413. The molecule has 0 aliphatic carbocycles. The van der Waals surface area contributed by atoms with Crippen molar-refractivity contribution in [1.29, 1.82) is 0 Å². The van der Waals surface area contributed by atoms with Gasteiger partial charge in [0, 0.05) is 36.2 Å². The number of ether oxygens (including phenoxy) is 1. The van der Waals surface area contributed by atoms with Crippen LogP contribution in [0.15, 0.2) is 18.2 Å². The van der Waals surface area contributed by atoms with Gasteiger partial charge in [0.05, 0.1) is 6.10 Å². The highest BCUT2D eigenvalue weighted by Crippen LogP contribution is 2.30. The molecule has 1 saturated heterocycles. The third kappa shape index (κ3) is 3.01. The Hall–Kier alpha value is -0.250. The van der Waals surface area contributed by atoms with Crippen molar-refractivity contribution in [2.45, 2.75) is 24.8 Å². The maximum Gasteiger partial charge on any atom is 0.0772 e. The maximum absolute atomic E-state index is 6.12. The van der Waals surface area contributed by atoms with Gasteiger partial charge in [0.1, 0.15) is 0 Å². The zero-order chi connectivity index (χ0) is 13.1. The first-order chi connectivity index (χ1) is 8.65. The average molecular weight is 333 g/mol. The molecule has 0 aromatic heterocycles. The van der Waals surface area contributed by atoms with Gasteiger partial charge in [0.15, 0.2) is 0 Å². The van der Waals surface area contributed by atoms with E-state index in [4.69, 9.17) is 16.3 Å². The monoisotopic (exact) mass is 331 g/mol. The van der Waals surface area contributed by atoms with Crippen molar-refractivity contribution < 1.29 is 4.74 Å². The lowest BCUT2D eigenvalue weighted by Crippen LogP contribution is -2.44. The molecule has 1 fully saturated rings. The van der Waals surface area contributed by atoms with Crippen molar-refractivity contribution in [2.75, 3.05) is 25.1 Å². The SMILES string of the molecule is COC1CN(c2cc(Cl)ccc2CBr)CCC1C. The average Bonchev–Trinajstić information content (AvgIpc) is 2.39. The van der Waals surface area contributed by atoms with E-state index in [2.05, 4.69) is 39.9 Å². The molecule has 1 aromatic rings. The predicted octanol–water partition coefficient (Wildman–Crippen LogP) is 4.10. The van der Waals surface area contributed by atoms with Crippen LogP contribution < -0.4 is 4.90 Å². The molecular weight excluding hydrogens is 314 g/mol. The zero-order valence-corrected chi connectivity index (χ0v) is 13.2. The van der Waals surface area contributed by atoms with Gasteiger partial charge in [-0.1, -0.05) is 40.5 Å². The van der Waals surface area contributed by atoms with Crippen molar-refractivity contribution in [3.63, 3.8) is 0 Å². The lowest BCUT2D eigenvalue weighted by Gasteiger charge is -2.38. The minimum atomic E-state index is 0.306. The Morgan fingerprint density at radius 3 is 2.94 bits per heavy atom. The number of halogens is 2. The molecule has 2 unspecified atom stereocenters. The van der Waals surface area contributed by atoms with Gasteiger partial charge in [0.25, 0.3) is 0 Å². The van der Waals surface area contributed by atoms with Gasteiger partial charge >= 0.3 is 0 Å². The molecule has 2 atom stereocenters. The molecule has 1 heterocycles. The van der Waals surface area contributed by atoms with Crippen molar-refractivity contribution in [3.8, 4) is 0 Å². The van der Waals surface area contributed by atoms with Crippen LogP contribution in [-0.4, -0.2) is 26.3 Å². The molecule has 0 spiro atoms. The van der Waals surface area contributed by atoms with Gasteiger partial charge in [-0.25, -0.2) is 0 Å². The summed E-state index contributed by atoms with van der Waals surface area (Å²) in [5, 5.41) is 1.64. The molecular formula is C14H19BrClNO. The topological polar surface area (TPSA) is 12.5 Å². The first kappa shape index (κ1) is 14.2. The summed E-state index contributed by atoms with van der Waals surface area (Å²) in [5.74, 6) is 0.623. The first-order valence-electron chi connectivity index (χ1n) is 6.28. The second-order valence-corrected chi connectivity index (χ2v) is 5.89. The van der Waals surface area contributed by atoms with Crippen molar-refractivity contribution in [1.82, 2.24) is 0 Å². The summed E-state index contributed by atoms with van der Waals surface area (Å²) in [6, 6.07) is 6.09. The fourth-order valence-corrected chi connectivity index (χ4v) is 3.14. The Balaban J connectivity index is 2.23. The molecule has 0 bridgehead atoms. The first-order valence-corrected chi connectivity index (χ1v) is 7.77. The van der Waals surface area contributed by atoms with Gasteiger partial charge in [0.2, 0.25) is 0 Å². The van der Waals surface area contributed by atoms with Crippen LogP contribution in [0.4, 0.5) is 5.69 Å². The van der Waals surface area contributed by atoms with E-state index in [1.807, 2.05) is 6.07 Å². The van der Waals surface area contributed by atoms with Gasteiger partial charge < -0.3 is 9.64 Å². The fraction of sp³-hybridized carbons (Fsp3) is 0.571. The fourth-order valence-electron chi connectivity index (χ4n) is 2.50. The summed E-state index contributed by atoms with van der Waals surface area (Å²) in [6.45, 7) is 4.27. The Labute approximate surface area is 122 Å². The molecule has 1 aliphatic heterocycles.